The molecule has 0 saturated carbocycles. The van der Waals surface area contributed by atoms with Crippen molar-refractivity contribution in [3.8, 4) is 0 Å². The van der Waals surface area contributed by atoms with Gasteiger partial charge in [-0.05, 0) is 23.0 Å². The highest BCUT2D eigenvalue weighted by molar-refractivity contribution is 5.60. The van der Waals surface area contributed by atoms with Crippen LogP contribution in [-0.2, 0) is 0 Å². The van der Waals surface area contributed by atoms with Crippen molar-refractivity contribution < 1.29 is 0 Å². The SMILES string of the molecule is CC(C)c1cccc(C(C)C)c1N[O-]. The second-order valence-corrected chi connectivity index (χ2v) is 4.22. The van der Waals surface area contributed by atoms with Crippen molar-refractivity contribution >= 4 is 5.69 Å². The summed E-state index contributed by atoms with van der Waals surface area (Å²) in [6, 6.07) is 6.04. The molecule has 0 amide bonds. The maximum absolute atomic E-state index is 10.9. The van der Waals surface area contributed by atoms with Crippen LogP contribution in [0.3, 0.4) is 0 Å². The summed E-state index contributed by atoms with van der Waals surface area (Å²) < 4.78 is 0. The van der Waals surface area contributed by atoms with E-state index in [1.807, 2.05) is 18.2 Å². The van der Waals surface area contributed by atoms with E-state index in [-0.39, 0.29) is 0 Å². The third-order valence-electron chi connectivity index (χ3n) is 2.47. The Morgan fingerprint density at radius 3 is 1.71 bits per heavy atom. The Morgan fingerprint density at radius 2 is 1.43 bits per heavy atom. The Bertz CT molecular complexity index is 279. The minimum Gasteiger partial charge on any atom is -0.761 e. The van der Waals surface area contributed by atoms with Crippen LogP contribution < -0.4 is 5.48 Å². The molecule has 0 atom stereocenters. The van der Waals surface area contributed by atoms with Gasteiger partial charge < -0.3 is 10.7 Å². The minimum atomic E-state index is 0.380. The van der Waals surface area contributed by atoms with Crippen LogP contribution in [0.15, 0.2) is 18.2 Å². The molecule has 1 rings (SSSR count). The quantitative estimate of drug-likeness (QED) is 0.738. The van der Waals surface area contributed by atoms with Gasteiger partial charge in [0, 0.05) is 5.69 Å². The molecular weight excluding hydrogens is 174 g/mol. The molecule has 0 radical (unpaired) electrons. The van der Waals surface area contributed by atoms with Crippen LogP contribution in [0.1, 0.15) is 50.7 Å². The molecule has 0 fully saturated rings. The van der Waals surface area contributed by atoms with Crippen LogP contribution in [0.4, 0.5) is 5.69 Å². The first-order valence-electron chi connectivity index (χ1n) is 5.08. The highest BCUT2D eigenvalue weighted by atomic mass is 16.5. The van der Waals surface area contributed by atoms with E-state index in [0.717, 1.165) is 16.8 Å². The fourth-order valence-corrected chi connectivity index (χ4v) is 1.67. The number of hydrogen-bond acceptors (Lipinski definition) is 2. The first kappa shape index (κ1) is 11.1. The van der Waals surface area contributed by atoms with Gasteiger partial charge in [0.05, 0.1) is 0 Å². The summed E-state index contributed by atoms with van der Waals surface area (Å²) in [6.07, 6.45) is 0. The number of para-hydroxylation sites is 1. The molecular formula is C12H18NO-. The van der Waals surface area contributed by atoms with E-state index in [9.17, 15) is 5.21 Å². The van der Waals surface area contributed by atoms with Gasteiger partial charge in [-0.1, -0.05) is 45.9 Å². The maximum atomic E-state index is 10.9. The monoisotopic (exact) mass is 192 g/mol. The summed E-state index contributed by atoms with van der Waals surface area (Å²) in [5.74, 6) is 0.760. The molecule has 1 aromatic rings. The van der Waals surface area contributed by atoms with Crippen LogP contribution in [0, 0.1) is 5.21 Å². The van der Waals surface area contributed by atoms with E-state index in [0.29, 0.717) is 11.8 Å². The van der Waals surface area contributed by atoms with E-state index in [1.54, 1.807) is 0 Å². The molecule has 2 heteroatoms. The second kappa shape index (κ2) is 4.47. The molecule has 0 heterocycles. The van der Waals surface area contributed by atoms with E-state index in [4.69, 9.17) is 0 Å². The van der Waals surface area contributed by atoms with Crippen molar-refractivity contribution in [3.63, 3.8) is 0 Å². The van der Waals surface area contributed by atoms with E-state index >= 15 is 0 Å². The van der Waals surface area contributed by atoms with Crippen LogP contribution in [0.5, 0.6) is 0 Å². The van der Waals surface area contributed by atoms with Gasteiger partial charge in [0.25, 0.3) is 0 Å². The van der Waals surface area contributed by atoms with Gasteiger partial charge in [-0.15, -0.1) is 0 Å². The molecule has 1 N–H and O–H groups in total. The van der Waals surface area contributed by atoms with Gasteiger partial charge in [-0.3, -0.25) is 0 Å². The molecule has 0 aliphatic carbocycles. The van der Waals surface area contributed by atoms with Crippen molar-refractivity contribution in [1.29, 1.82) is 0 Å². The highest BCUT2D eigenvalue weighted by Crippen LogP contribution is 2.31. The molecule has 1 aromatic carbocycles. The molecule has 2 nitrogen and oxygen atoms in total. The number of nitrogens with one attached hydrogen (secondary N) is 1. The van der Waals surface area contributed by atoms with Gasteiger partial charge in [0.15, 0.2) is 0 Å². The second-order valence-electron chi connectivity index (χ2n) is 4.22. The number of benzene rings is 1. The third kappa shape index (κ3) is 2.07. The van der Waals surface area contributed by atoms with Gasteiger partial charge in [-0.2, -0.15) is 0 Å². The van der Waals surface area contributed by atoms with Crippen LogP contribution >= 0.6 is 0 Å². The fraction of sp³-hybridized carbons (Fsp3) is 0.500. The average molecular weight is 192 g/mol. The predicted octanol–water partition coefficient (Wildman–Crippen LogP) is 3.84. The number of rotatable bonds is 3. The molecule has 78 valence electrons. The first-order valence-corrected chi connectivity index (χ1v) is 5.08. The molecule has 0 bridgehead atoms. The van der Waals surface area contributed by atoms with E-state index in [2.05, 4.69) is 33.2 Å². The number of anilines is 1. The van der Waals surface area contributed by atoms with Gasteiger partial charge in [0.2, 0.25) is 0 Å². The summed E-state index contributed by atoms with van der Waals surface area (Å²) in [5.41, 5.74) is 5.04. The van der Waals surface area contributed by atoms with Crippen molar-refractivity contribution in [3.05, 3.63) is 34.5 Å². The lowest BCUT2D eigenvalue weighted by Crippen LogP contribution is -2.01. The lowest BCUT2D eigenvalue weighted by Gasteiger charge is -2.23. The Labute approximate surface area is 85.9 Å². The maximum Gasteiger partial charge on any atom is 0.0303 e. The lowest BCUT2D eigenvalue weighted by molar-refractivity contribution is 0.838. The normalized spacial score (nSPS) is 11.1. The zero-order valence-corrected chi connectivity index (χ0v) is 9.29. The fourth-order valence-electron chi connectivity index (χ4n) is 1.67. The summed E-state index contributed by atoms with van der Waals surface area (Å²) in [6.45, 7) is 8.39. The lowest BCUT2D eigenvalue weighted by atomic mass is 9.93. The van der Waals surface area contributed by atoms with Crippen molar-refractivity contribution in [1.82, 2.24) is 0 Å². The topological polar surface area (TPSA) is 35.1 Å². The van der Waals surface area contributed by atoms with E-state index < -0.39 is 0 Å². The molecule has 0 aliphatic rings. The summed E-state index contributed by atoms with van der Waals surface area (Å²) in [5, 5.41) is 10.9. The Balaban J connectivity index is 3.25. The van der Waals surface area contributed by atoms with Crippen molar-refractivity contribution in [2.45, 2.75) is 39.5 Å². The number of hydrogen-bond donors (Lipinski definition) is 1. The van der Waals surface area contributed by atoms with Gasteiger partial charge >= 0.3 is 0 Å². The Hall–Kier alpha value is -1.02. The third-order valence-corrected chi connectivity index (χ3v) is 2.47. The first-order chi connectivity index (χ1) is 6.57. The summed E-state index contributed by atoms with van der Waals surface area (Å²) in [4.78, 5) is 0. The summed E-state index contributed by atoms with van der Waals surface area (Å²) in [7, 11) is 0. The Kier molecular flexibility index (Phi) is 3.53. The van der Waals surface area contributed by atoms with Crippen LogP contribution in [0.2, 0.25) is 0 Å². The molecule has 0 aliphatic heterocycles. The largest absolute Gasteiger partial charge is 0.761 e. The standard InChI is InChI=1S/C12H18NO/c1-8(2)10-6-5-7-11(9(3)4)12(10)13-14/h5-9,13H,1-4H3/q-1. The Morgan fingerprint density at radius 1 is 1.00 bits per heavy atom. The summed E-state index contributed by atoms with van der Waals surface area (Å²) >= 11 is 0. The molecule has 0 saturated heterocycles. The molecule has 14 heavy (non-hydrogen) atoms. The van der Waals surface area contributed by atoms with E-state index in [1.165, 1.54) is 0 Å². The van der Waals surface area contributed by atoms with Crippen LogP contribution in [0.25, 0.3) is 0 Å². The van der Waals surface area contributed by atoms with Gasteiger partial charge in [0.1, 0.15) is 0 Å². The minimum absolute atomic E-state index is 0.380. The zero-order valence-electron chi connectivity index (χ0n) is 9.29. The predicted molar refractivity (Wildman–Crippen MR) is 61.6 cm³/mol. The zero-order chi connectivity index (χ0) is 10.7. The smallest absolute Gasteiger partial charge is 0.0303 e. The molecule has 0 spiro atoms. The van der Waals surface area contributed by atoms with Gasteiger partial charge in [-0.25, -0.2) is 0 Å². The van der Waals surface area contributed by atoms with Crippen molar-refractivity contribution in [2.24, 2.45) is 0 Å². The highest BCUT2D eigenvalue weighted by Gasteiger charge is 2.10. The van der Waals surface area contributed by atoms with Crippen LogP contribution in [-0.4, -0.2) is 0 Å². The average Bonchev–Trinajstić information content (AvgIpc) is 2.16. The molecule has 0 aromatic heterocycles. The molecule has 0 unspecified atom stereocenters. The van der Waals surface area contributed by atoms with Crippen molar-refractivity contribution in [2.75, 3.05) is 5.48 Å².